The van der Waals surface area contributed by atoms with Gasteiger partial charge in [0.05, 0.1) is 16.6 Å². The second-order valence-corrected chi connectivity index (χ2v) is 13.9. The third kappa shape index (κ3) is 4.37. The fourth-order valence-electron chi connectivity index (χ4n) is 7.50. The molecule has 0 saturated carbocycles. The zero-order chi connectivity index (χ0) is 33.5. The lowest BCUT2D eigenvalue weighted by Gasteiger charge is -2.11. The lowest BCUT2D eigenvalue weighted by atomic mass is 10.0. The lowest BCUT2D eigenvalue weighted by Crippen LogP contribution is -2.06. The molecule has 0 saturated heterocycles. The maximum absolute atomic E-state index is 6.75. The van der Waals surface area contributed by atoms with Crippen molar-refractivity contribution in [2.45, 2.75) is 0 Å². The molecule has 0 bridgehead atoms. The summed E-state index contributed by atoms with van der Waals surface area (Å²) in [6, 6.07) is 55.0. The van der Waals surface area contributed by atoms with E-state index in [4.69, 9.17) is 19.4 Å². The van der Waals surface area contributed by atoms with Crippen LogP contribution >= 0.6 is 11.3 Å². The largest absolute Gasteiger partial charge is 0.455 e. The van der Waals surface area contributed by atoms with Crippen LogP contribution in [0.2, 0.25) is 0 Å². The molecule has 0 radical (unpaired) electrons. The molecule has 4 heterocycles. The van der Waals surface area contributed by atoms with E-state index < -0.39 is 0 Å². The van der Waals surface area contributed by atoms with Crippen molar-refractivity contribution >= 4 is 75.3 Å². The first-order valence-electron chi connectivity index (χ1n) is 16.9. The summed E-state index contributed by atoms with van der Waals surface area (Å²) < 4.78 is 11.5. The minimum absolute atomic E-state index is 0.556. The van der Waals surface area contributed by atoms with Gasteiger partial charge in [-0.25, -0.2) is 4.98 Å². The highest BCUT2D eigenvalue weighted by molar-refractivity contribution is 7.25. The zero-order valence-electron chi connectivity index (χ0n) is 27.1. The molecule has 11 aromatic rings. The molecule has 5 nitrogen and oxygen atoms in total. The van der Waals surface area contributed by atoms with Crippen LogP contribution in [-0.4, -0.2) is 19.5 Å². The molecule has 0 unspecified atom stereocenters. The Morgan fingerprint density at radius 2 is 1.06 bits per heavy atom. The average molecular weight is 671 g/mol. The van der Waals surface area contributed by atoms with Crippen molar-refractivity contribution in [1.82, 2.24) is 19.5 Å². The number of aromatic nitrogens is 4. The van der Waals surface area contributed by atoms with E-state index in [1.165, 1.54) is 20.2 Å². The van der Waals surface area contributed by atoms with Crippen molar-refractivity contribution in [3.05, 3.63) is 158 Å². The van der Waals surface area contributed by atoms with Crippen molar-refractivity contribution in [2.75, 3.05) is 0 Å². The van der Waals surface area contributed by atoms with Gasteiger partial charge in [-0.3, -0.25) is 4.57 Å². The maximum Gasteiger partial charge on any atom is 0.238 e. The minimum atomic E-state index is 0.556. The first-order chi connectivity index (χ1) is 25.3. The Morgan fingerprint density at radius 3 is 1.86 bits per heavy atom. The number of nitrogens with zero attached hydrogens (tertiary/aromatic N) is 4. The van der Waals surface area contributed by atoms with E-state index in [1.54, 1.807) is 0 Å². The van der Waals surface area contributed by atoms with Crippen LogP contribution in [0.5, 0.6) is 0 Å². The van der Waals surface area contributed by atoms with Crippen LogP contribution in [0.4, 0.5) is 0 Å². The minimum Gasteiger partial charge on any atom is -0.455 e. The van der Waals surface area contributed by atoms with Gasteiger partial charge >= 0.3 is 0 Å². The van der Waals surface area contributed by atoms with Gasteiger partial charge in [-0.15, -0.1) is 11.3 Å². The summed E-state index contributed by atoms with van der Waals surface area (Å²) >= 11 is 1.83. The van der Waals surface area contributed by atoms with Crippen LogP contribution in [0, 0.1) is 0 Å². The Kier molecular flexibility index (Phi) is 6.05. The highest BCUT2D eigenvalue weighted by Crippen LogP contribution is 2.40. The molecular weight excluding hydrogens is 645 g/mol. The predicted molar refractivity (Wildman–Crippen MR) is 211 cm³/mol. The summed E-state index contributed by atoms with van der Waals surface area (Å²) in [6.45, 7) is 0. The van der Waals surface area contributed by atoms with Crippen LogP contribution in [0.3, 0.4) is 0 Å². The molecule has 7 aromatic carbocycles. The maximum atomic E-state index is 6.75. The Hall–Kier alpha value is -6.63. The number of rotatable bonds is 4. The number of fused-ring (bicyclic) bond motifs is 9. The van der Waals surface area contributed by atoms with Gasteiger partial charge in [-0.05, 0) is 53.6 Å². The molecule has 0 N–H and O–H groups in total. The second-order valence-electron chi connectivity index (χ2n) is 12.8. The fraction of sp³-hybridized carbons (Fsp3) is 0. The van der Waals surface area contributed by atoms with Gasteiger partial charge in [-0.1, -0.05) is 115 Å². The first kappa shape index (κ1) is 28.2. The molecule has 0 aliphatic carbocycles. The summed E-state index contributed by atoms with van der Waals surface area (Å²) in [4.78, 5) is 15.4. The van der Waals surface area contributed by atoms with Gasteiger partial charge < -0.3 is 4.42 Å². The van der Waals surface area contributed by atoms with E-state index in [2.05, 4.69) is 126 Å². The monoisotopic (exact) mass is 670 g/mol. The molecular formula is C45H26N4OS. The molecule has 0 fully saturated rings. The summed E-state index contributed by atoms with van der Waals surface area (Å²) in [5.41, 5.74) is 7.67. The van der Waals surface area contributed by atoms with Crippen molar-refractivity contribution in [3.63, 3.8) is 0 Å². The molecule has 0 spiro atoms. The number of hydrogen-bond donors (Lipinski definition) is 0. The van der Waals surface area contributed by atoms with Gasteiger partial charge in [0.2, 0.25) is 5.95 Å². The number of para-hydroxylation sites is 3. The third-order valence-corrected chi connectivity index (χ3v) is 11.0. The standard InChI is InChI=1S/C45H26N4OS/c1-2-11-27(12-3-1)43-46-44(48-45(47-43)49-37-18-7-4-13-30(37)31-14-5-8-19-38(31)49)36-17-10-16-35-32-23-21-28(25-39(32)50-42(35)36)29-22-24-34-33-15-6-9-20-40(33)51-41(34)26-29/h1-26H. The molecule has 0 aliphatic heterocycles. The van der Waals surface area contributed by atoms with Crippen LogP contribution in [0.25, 0.3) is 104 Å². The van der Waals surface area contributed by atoms with Crippen molar-refractivity contribution in [2.24, 2.45) is 0 Å². The molecule has 6 heteroatoms. The average Bonchev–Trinajstić information content (AvgIpc) is 3.87. The Morgan fingerprint density at radius 1 is 0.431 bits per heavy atom. The summed E-state index contributed by atoms with van der Waals surface area (Å²) in [7, 11) is 0. The number of benzene rings is 7. The van der Waals surface area contributed by atoms with Crippen LogP contribution in [0.15, 0.2) is 162 Å². The van der Waals surface area contributed by atoms with Crippen LogP contribution in [0.1, 0.15) is 0 Å². The van der Waals surface area contributed by atoms with Crippen molar-refractivity contribution in [1.29, 1.82) is 0 Å². The van der Waals surface area contributed by atoms with Gasteiger partial charge in [0.25, 0.3) is 0 Å². The summed E-state index contributed by atoms with van der Waals surface area (Å²) in [6.07, 6.45) is 0. The van der Waals surface area contributed by atoms with Gasteiger partial charge in [0, 0.05) is 47.3 Å². The smallest absolute Gasteiger partial charge is 0.238 e. The van der Waals surface area contributed by atoms with Crippen LogP contribution in [-0.2, 0) is 0 Å². The van der Waals surface area contributed by atoms with Gasteiger partial charge in [0.15, 0.2) is 11.6 Å². The highest BCUT2D eigenvalue weighted by atomic mass is 32.1. The van der Waals surface area contributed by atoms with Crippen molar-refractivity contribution in [3.8, 4) is 39.9 Å². The van der Waals surface area contributed by atoms with Gasteiger partial charge in [-0.2, -0.15) is 9.97 Å². The molecule has 51 heavy (non-hydrogen) atoms. The number of furan rings is 1. The van der Waals surface area contributed by atoms with E-state index in [1.807, 2.05) is 47.7 Å². The number of thiophene rings is 1. The van der Waals surface area contributed by atoms with E-state index in [-0.39, 0.29) is 0 Å². The molecule has 0 atom stereocenters. The normalized spacial score (nSPS) is 11.9. The Bertz CT molecular complexity index is 3100. The molecule has 4 aromatic heterocycles. The summed E-state index contributed by atoms with van der Waals surface area (Å²) in [5.74, 6) is 1.72. The van der Waals surface area contributed by atoms with E-state index in [0.29, 0.717) is 17.6 Å². The second kappa shape index (κ2) is 10.9. The SMILES string of the molecule is c1ccc(-c2nc(-c3cccc4c3oc3cc(-c5ccc6c(c5)sc5ccccc56)ccc34)nc(-n3c4ccccc4c4ccccc43)n2)cc1. The van der Waals surface area contributed by atoms with Crippen molar-refractivity contribution < 1.29 is 4.42 Å². The van der Waals surface area contributed by atoms with E-state index in [0.717, 1.165) is 66.0 Å². The third-order valence-electron chi connectivity index (χ3n) is 9.89. The Balaban J connectivity index is 1.10. The van der Waals surface area contributed by atoms with E-state index in [9.17, 15) is 0 Å². The highest BCUT2D eigenvalue weighted by Gasteiger charge is 2.20. The zero-order valence-corrected chi connectivity index (χ0v) is 27.9. The fourth-order valence-corrected chi connectivity index (χ4v) is 8.64. The van der Waals surface area contributed by atoms with Gasteiger partial charge in [0.1, 0.15) is 11.2 Å². The first-order valence-corrected chi connectivity index (χ1v) is 17.8. The van der Waals surface area contributed by atoms with Crippen LogP contribution < -0.4 is 0 Å². The topological polar surface area (TPSA) is 56.7 Å². The molecule has 238 valence electrons. The predicted octanol–water partition coefficient (Wildman–Crippen LogP) is 12.2. The van der Waals surface area contributed by atoms with E-state index >= 15 is 0 Å². The molecule has 11 rings (SSSR count). The lowest BCUT2D eigenvalue weighted by molar-refractivity contribution is 0.669. The summed E-state index contributed by atoms with van der Waals surface area (Å²) in [5, 5.41) is 6.98. The molecule has 0 amide bonds. The Labute approximate surface area is 295 Å². The quantitative estimate of drug-likeness (QED) is 0.187. The molecule has 0 aliphatic rings. The number of hydrogen-bond acceptors (Lipinski definition) is 5.